The van der Waals surface area contributed by atoms with Crippen LogP contribution in [0.3, 0.4) is 0 Å². The van der Waals surface area contributed by atoms with E-state index in [0.29, 0.717) is 6.54 Å². The molecular formula is C13H17N3OS. The summed E-state index contributed by atoms with van der Waals surface area (Å²) < 4.78 is 1.54. The van der Waals surface area contributed by atoms with Crippen molar-refractivity contribution in [2.24, 2.45) is 0 Å². The molecule has 0 aromatic carbocycles. The standard InChI is InChI=1S/C13H17N3OS/c1-2-3-8-16-13(17)11-9-6-4-5-7-10(9)18-12(11)14-15-16/h2-8H2,1H3. The average Bonchev–Trinajstić information content (AvgIpc) is 2.77. The average molecular weight is 263 g/mol. The fraction of sp³-hybridized carbons (Fsp3) is 0.615. The Morgan fingerprint density at radius 1 is 1.33 bits per heavy atom. The molecule has 3 rings (SSSR count). The molecule has 4 nitrogen and oxygen atoms in total. The van der Waals surface area contributed by atoms with E-state index in [1.807, 2.05) is 0 Å². The molecule has 5 heteroatoms. The molecule has 0 aliphatic heterocycles. The van der Waals surface area contributed by atoms with E-state index in [4.69, 9.17) is 0 Å². The van der Waals surface area contributed by atoms with Crippen molar-refractivity contribution in [2.45, 2.75) is 52.0 Å². The molecule has 0 spiro atoms. The first-order valence-corrected chi connectivity index (χ1v) is 7.51. The summed E-state index contributed by atoms with van der Waals surface area (Å²) >= 11 is 1.66. The Bertz CT molecular complexity index is 629. The number of aromatic nitrogens is 3. The minimum atomic E-state index is 0.0628. The van der Waals surface area contributed by atoms with E-state index < -0.39 is 0 Å². The summed E-state index contributed by atoms with van der Waals surface area (Å²) in [7, 11) is 0. The normalized spacial score (nSPS) is 14.9. The second-order valence-corrected chi connectivity index (χ2v) is 5.95. The van der Waals surface area contributed by atoms with Crippen LogP contribution < -0.4 is 5.56 Å². The van der Waals surface area contributed by atoms with Crippen molar-refractivity contribution < 1.29 is 0 Å². The molecule has 0 unspecified atom stereocenters. The number of rotatable bonds is 3. The van der Waals surface area contributed by atoms with E-state index in [-0.39, 0.29) is 5.56 Å². The van der Waals surface area contributed by atoms with Crippen molar-refractivity contribution in [1.82, 2.24) is 15.0 Å². The van der Waals surface area contributed by atoms with Crippen molar-refractivity contribution in [1.29, 1.82) is 0 Å². The summed E-state index contributed by atoms with van der Waals surface area (Å²) in [5.41, 5.74) is 1.32. The van der Waals surface area contributed by atoms with Crippen molar-refractivity contribution >= 4 is 21.6 Å². The molecule has 0 bridgehead atoms. The first-order valence-electron chi connectivity index (χ1n) is 6.69. The SMILES string of the molecule is CCCCn1nnc2sc3c(c2c1=O)CCCC3. The summed E-state index contributed by atoms with van der Waals surface area (Å²) in [4.78, 5) is 14.6. The fourth-order valence-corrected chi connectivity index (χ4v) is 3.76. The van der Waals surface area contributed by atoms with Gasteiger partial charge in [0.05, 0.1) is 5.39 Å². The maximum Gasteiger partial charge on any atom is 0.278 e. The van der Waals surface area contributed by atoms with Gasteiger partial charge in [0.1, 0.15) is 0 Å². The van der Waals surface area contributed by atoms with E-state index in [1.54, 1.807) is 11.3 Å². The van der Waals surface area contributed by atoms with Crippen LogP contribution in [0.1, 0.15) is 43.0 Å². The van der Waals surface area contributed by atoms with Gasteiger partial charge in [-0.1, -0.05) is 18.6 Å². The van der Waals surface area contributed by atoms with Gasteiger partial charge >= 0.3 is 0 Å². The molecule has 0 fully saturated rings. The Labute approximate surface area is 110 Å². The van der Waals surface area contributed by atoms with Crippen molar-refractivity contribution in [3.63, 3.8) is 0 Å². The van der Waals surface area contributed by atoms with Crippen LogP contribution in [0.25, 0.3) is 10.2 Å². The number of aryl methyl sites for hydroxylation is 3. The zero-order valence-electron chi connectivity index (χ0n) is 10.6. The number of hydrogen-bond acceptors (Lipinski definition) is 4. The molecule has 2 aromatic rings. The second-order valence-electron chi connectivity index (χ2n) is 4.86. The van der Waals surface area contributed by atoms with E-state index in [1.165, 1.54) is 28.0 Å². The lowest BCUT2D eigenvalue weighted by Crippen LogP contribution is -2.24. The predicted molar refractivity (Wildman–Crippen MR) is 73.2 cm³/mol. The summed E-state index contributed by atoms with van der Waals surface area (Å²) in [6.45, 7) is 2.80. The number of fused-ring (bicyclic) bond motifs is 3. The molecule has 2 aromatic heterocycles. The predicted octanol–water partition coefficient (Wildman–Crippen LogP) is 2.53. The van der Waals surface area contributed by atoms with Gasteiger partial charge in [-0.05, 0) is 37.7 Å². The number of nitrogens with zero attached hydrogens (tertiary/aromatic N) is 3. The molecule has 0 N–H and O–H groups in total. The van der Waals surface area contributed by atoms with Gasteiger partial charge in [0.15, 0.2) is 4.83 Å². The van der Waals surface area contributed by atoms with Crippen molar-refractivity contribution in [3.05, 3.63) is 20.8 Å². The van der Waals surface area contributed by atoms with Crippen LogP contribution in [0.5, 0.6) is 0 Å². The summed E-state index contributed by atoms with van der Waals surface area (Å²) in [6, 6.07) is 0. The van der Waals surface area contributed by atoms with Crippen LogP contribution in [0.4, 0.5) is 0 Å². The maximum atomic E-state index is 12.4. The quantitative estimate of drug-likeness (QED) is 0.855. The largest absolute Gasteiger partial charge is 0.278 e. The molecule has 0 radical (unpaired) electrons. The van der Waals surface area contributed by atoms with Gasteiger partial charge in [0.25, 0.3) is 5.56 Å². The topological polar surface area (TPSA) is 47.8 Å². The van der Waals surface area contributed by atoms with Crippen LogP contribution in [-0.4, -0.2) is 15.0 Å². The lowest BCUT2D eigenvalue weighted by molar-refractivity contribution is 0.521. The molecule has 1 aliphatic carbocycles. The van der Waals surface area contributed by atoms with Crippen molar-refractivity contribution in [3.8, 4) is 0 Å². The third-order valence-corrected chi connectivity index (χ3v) is 4.74. The van der Waals surface area contributed by atoms with Gasteiger partial charge in [0, 0.05) is 11.4 Å². The molecule has 18 heavy (non-hydrogen) atoms. The van der Waals surface area contributed by atoms with Crippen LogP contribution in [0.2, 0.25) is 0 Å². The number of unbranched alkanes of at least 4 members (excludes halogenated alkanes) is 1. The summed E-state index contributed by atoms with van der Waals surface area (Å²) in [5.74, 6) is 0. The fourth-order valence-electron chi connectivity index (χ4n) is 2.56. The highest BCUT2D eigenvalue weighted by atomic mass is 32.1. The molecule has 96 valence electrons. The number of hydrogen-bond donors (Lipinski definition) is 0. The van der Waals surface area contributed by atoms with Gasteiger partial charge < -0.3 is 0 Å². The van der Waals surface area contributed by atoms with E-state index in [0.717, 1.165) is 35.9 Å². The number of thiophene rings is 1. The van der Waals surface area contributed by atoms with Gasteiger partial charge in [-0.25, -0.2) is 4.68 Å². The first-order chi connectivity index (χ1) is 8.81. The van der Waals surface area contributed by atoms with Crippen LogP contribution in [0.15, 0.2) is 4.79 Å². The molecule has 0 amide bonds. The first kappa shape index (κ1) is 11.8. The zero-order valence-corrected chi connectivity index (χ0v) is 11.4. The van der Waals surface area contributed by atoms with Crippen molar-refractivity contribution in [2.75, 3.05) is 0 Å². The maximum absolute atomic E-state index is 12.4. The monoisotopic (exact) mass is 263 g/mol. The molecule has 0 saturated carbocycles. The third-order valence-electron chi connectivity index (χ3n) is 3.57. The van der Waals surface area contributed by atoms with Crippen LogP contribution in [-0.2, 0) is 19.4 Å². The Morgan fingerprint density at radius 3 is 3.00 bits per heavy atom. The highest BCUT2D eigenvalue weighted by molar-refractivity contribution is 7.18. The Morgan fingerprint density at radius 2 is 2.17 bits per heavy atom. The highest BCUT2D eigenvalue weighted by Gasteiger charge is 2.20. The molecular weight excluding hydrogens is 246 g/mol. The van der Waals surface area contributed by atoms with E-state index in [9.17, 15) is 4.79 Å². The molecule has 2 heterocycles. The lowest BCUT2D eigenvalue weighted by atomic mass is 9.97. The van der Waals surface area contributed by atoms with Gasteiger partial charge in [-0.15, -0.1) is 16.4 Å². The molecule has 0 saturated heterocycles. The zero-order chi connectivity index (χ0) is 12.5. The van der Waals surface area contributed by atoms with E-state index in [2.05, 4.69) is 17.2 Å². The highest BCUT2D eigenvalue weighted by Crippen LogP contribution is 2.33. The summed E-state index contributed by atoms with van der Waals surface area (Å²) in [6.07, 6.45) is 6.60. The van der Waals surface area contributed by atoms with Gasteiger partial charge in [0.2, 0.25) is 0 Å². The Balaban J connectivity index is 2.15. The minimum Gasteiger partial charge on any atom is -0.267 e. The van der Waals surface area contributed by atoms with Crippen LogP contribution in [0, 0.1) is 0 Å². The van der Waals surface area contributed by atoms with Gasteiger partial charge in [-0.3, -0.25) is 4.79 Å². The molecule has 1 aliphatic rings. The lowest BCUT2D eigenvalue weighted by Gasteiger charge is -2.10. The van der Waals surface area contributed by atoms with Crippen LogP contribution >= 0.6 is 11.3 Å². The summed E-state index contributed by atoms with van der Waals surface area (Å²) in [5, 5.41) is 9.13. The van der Waals surface area contributed by atoms with Gasteiger partial charge in [-0.2, -0.15) is 0 Å². The molecule has 0 atom stereocenters. The second kappa shape index (κ2) is 4.80. The smallest absolute Gasteiger partial charge is 0.267 e. The van der Waals surface area contributed by atoms with E-state index >= 15 is 0 Å². The Hall–Kier alpha value is -1.23. The minimum absolute atomic E-state index is 0.0628. The Kier molecular flexibility index (Phi) is 3.16. The third kappa shape index (κ3) is 1.86.